The van der Waals surface area contributed by atoms with Crippen LogP contribution in [0.4, 0.5) is 5.69 Å². The lowest BCUT2D eigenvalue weighted by molar-refractivity contribution is 0.415. The number of aromatic nitrogens is 4. The molecule has 2 rings (SSSR count). The summed E-state index contributed by atoms with van der Waals surface area (Å²) < 4.78 is 18.2. The molecule has 2 atom stereocenters. The van der Waals surface area contributed by atoms with E-state index >= 15 is 0 Å². The minimum Gasteiger partial charge on any atom is -0.497 e. The van der Waals surface area contributed by atoms with Crippen LogP contribution in [-0.4, -0.2) is 43.5 Å². The van der Waals surface area contributed by atoms with Crippen molar-refractivity contribution in [3.8, 4) is 17.1 Å². The van der Waals surface area contributed by atoms with Gasteiger partial charge in [-0.3, -0.25) is 4.21 Å². The predicted molar refractivity (Wildman–Crippen MR) is 77.9 cm³/mol. The molecule has 20 heavy (non-hydrogen) atoms. The lowest BCUT2D eigenvalue weighted by Gasteiger charge is -2.12. The van der Waals surface area contributed by atoms with E-state index in [9.17, 15) is 4.21 Å². The van der Waals surface area contributed by atoms with Crippen LogP contribution in [0.3, 0.4) is 0 Å². The van der Waals surface area contributed by atoms with E-state index in [0.29, 0.717) is 23.0 Å². The van der Waals surface area contributed by atoms with Crippen molar-refractivity contribution in [1.82, 2.24) is 20.2 Å². The van der Waals surface area contributed by atoms with E-state index in [1.807, 2.05) is 13.0 Å². The van der Waals surface area contributed by atoms with Crippen LogP contribution in [0.5, 0.6) is 5.75 Å². The molecule has 0 amide bonds. The normalized spacial score (nSPS) is 13.9. The van der Waals surface area contributed by atoms with Gasteiger partial charge in [-0.2, -0.15) is 0 Å². The zero-order valence-corrected chi connectivity index (χ0v) is 12.4. The molecule has 2 unspecified atom stereocenters. The first-order valence-electron chi connectivity index (χ1n) is 6.04. The molecule has 0 saturated carbocycles. The van der Waals surface area contributed by atoms with E-state index < -0.39 is 10.8 Å². The summed E-state index contributed by atoms with van der Waals surface area (Å²) in [6, 6.07) is 5.25. The minimum atomic E-state index is -0.921. The van der Waals surface area contributed by atoms with Crippen molar-refractivity contribution in [3.05, 3.63) is 18.2 Å². The van der Waals surface area contributed by atoms with E-state index in [4.69, 9.17) is 10.5 Å². The summed E-state index contributed by atoms with van der Waals surface area (Å²) in [6.45, 7) is 1.92. The lowest BCUT2D eigenvalue weighted by Crippen LogP contribution is -2.15. The van der Waals surface area contributed by atoms with Gasteiger partial charge in [0.25, 0.3) is 0 Å². The molecule has 1 heterocycles. The highest BCUT2D eigenvalue weighted by atomic mass is 32.2. The molecular formula is C12H17N5O2S. The number of hydrogen-bond acceptors (Lipinski definition) is 6. The Labute approximate surface area is 119 Å². The third-order valence-electron chi connectivity index (χ3n) is 2.81. The van der Waals surface area contributed by atoms with Crippen molar-refractivity contribution in [1.29, 1.82) is 0 Å². The smallest absolute Gasteiger partial charge is 0.182 e. The lowest BCUT2D eigenvalue weighted by atomic mass is 10.1. The molecule has 8 heteroatoms. The largest absolute Gasteiger partial charge is 0.497 e. The molecule has 2 N–H and O–H groups in total. The molecule has 2 aromatic rings. The maximum atomic E-state index is 11.3. The Balaban J connectivity index is 2.41. The number of anilines is 1. The van der Waals surface area contributed by atoms with Crippen molar-refractivity contribution < 1.29 is 8.95 Å². The second-order valence-corrected chi connectivity index (χ2v) is 6.01. The summed E-state index contributed by atoms with van der Waals surface area (Å²) in [4.78, 5) is 0. The number of nitrogens with zero attached hydrogens (tertiary/aromatic N) is 4. The third-order valence-corrected chi connectivity index (χ3v) is 3.76. The van der Waals surface area contributed by atoms with E-state index in [1.165, 1.54) is 0 Å². The van der Waals surface area contributed by atoms with Crippen molar-refractivity contribution in [3.63, 3.8) is 0 Å². The number of rotatable bonds is 5. The molecule has 108 valence electrons. The number of methoxy groups -OCH3 is 1. The molecule has 0 aliphatic heterocycles. The molecule has 1 aromatic carbocycles. The van der Waals surface area contributed by atoms with Gasteiger partial charge in [0, 0.05) is 40.1 Å². The summed E-state index contributed by atoms with van der Waals surface area (Å²) in [5, 5.41) is 11.7. The number of tetrazole rings is 1. The molecule has 1 aromatic heterocycles. The molecule has 0 bridgehead atoms. The highest BCUT2D eigenvalue weighted by Crippen LogP contribution is 2.26. The van der Waals surface area contributed by atoms with E-state index in [1.54, 1.807) is 30.2 Å². The Kier molecular flexibility index (Phi) is 4.33. The number of nitrogens with two attached hydrogens (primary N) is 1. The predicted octanol–water partition coefficient (Wildman–Crippen LogP) is 0.870. The molecule has 7 nitrogen and oxygen atoms in total. The highest BCUT2D eigenvalue weighted by molar-refractivity contribution is 7.84. The first kappa shape index (κ1) is 14.4. The van der Waals surface area contributed by atoms with Gasteiger partial charge in [-0.25, -0.2) is 4.68 Å². The fourth-order valence-electron chi connectivity index (χ4n) is 1.96. The monoisotopic (exact) mass is 295 g/mol. The van der Waals surface area contributed by atoms with Crippen molar-refractivity contribution in [2.75, 3.05) is 24.9 Å². The summed E-state index contributed by atoms with van der Waals surface area (Å²) in [5.74, 6) is 1.70. The summed E-state index contributed by atoms with van der Waals surface area (Å²) in [6.07, 6.45) is 1.66. The standard InChI is InChI=1S/C12H17N5O2S/c1-8(7-20(3)18)17-12(14-15-16-17)9-4-10(13)6-11(5-9)19-2/h4-6,8H,7,13H2,1-3H3. The van der Waals surface area contributed by atoms with Gasteiger partial charge in [-0.15, -0.1) is 5.10 Å². The van der Waals surface area contributed by atoms with Crippen LogP contribution in [-0.2, 0) is 10.8 Å². The van der Waals surface area contributed by atoms with Crippen LogP contribution in [0.1, 0.15) is 13.0 Å². The quantitative estimate of drug-likeness (QED) is 0.822. The first-order valence-corrected chi connectivity index (χ1v) is 7.76. The Morgan fingerprint density at radius 2 is 2.20 bits per heavy atom. The van der Waals surface area contributed by atoms with Gasteiger partial charge >= 0.3 is 0 Å². The van der Waals surface area contributed by atoms with E-state index in [0.717, 1.165) is 5.56 Å². The summed E-state index contributed by atoms with van der Waals surface area (Å²) in [5.41, 5.74) is 7.18. The number of ether oxygens (including phenoxy) is 1. The minimum absolute atomic E-state index is 0.0711. The van der Waals surface area contributed by atoms with Gasteiger partial charge in [-0.1, -0.05) is 0 Å². The van der Waals surface area contributed by atoms with Gasteiger partial charge in [-0.05, 0) is 29.5 Å². The topological polar surface area (TPSA) is 95.9 Å². The average molecular weight is 295 g/mol. The Bertz CT molecular complexity index is 628. The third kappa shape index (κ3) is 3.13. The van der Waals surface area contributed by atoms with Crippen LogP contribution in [0, 0.1) is 0 Å². The highest BCUT2D eigenvalue weighted by Gasteiger charge is 2.16. The summed E-state index contributed by atoms with van der Waals surface area (Å²) in [7, 11) is 0.653. The fraction of sp³-hybridized carbons (Fsp3) is 0.417. The number of nitrogen functional groups attached to an aromatic ring is 1. The van der Waals surface area contributed by atoms with Gasteiger partial charge < -0.3 is 10.5 Å². The Morgan fingerprint density at radius 3 is 2.85 bits per heavy atom. The van der Waals surface area contributed by atoms with Gasteiger partial charge in [0.1, 0.15) is 5.75 Å². The van der Waals surface area contributed by atoms with Crippen LogP contribution < -0.4 is 10.5 Å². The number of hydrogen-bond donors (Lipinski definition) is 1. The number of benzene rings is 1. The Hall–Kier alpha value is -1.96. The molecular weight excluding hydrogens is 278 g/mol. The SMILES string of the molecule is COc1cc(N)cc(-c2nnnn2C(C)CS(C)=O)c1. The average Bonchev–Trinajstić information content (AvgIpc) is 2.86. The maximum absolute atomic E-state index is 11.3. The molecule has 0 saturated heterocycles. The zero-order chi connectivity index (χ0) is 14.7. The van der Waals surface area contributed by atoms with Crippen LogP contribution in [0.15, 0.2) is 18.2 Å². The molecule has 0 fully saturated rings. The second kappa shape index (κ2) is 6.00. The fourth-order valence-corrected chi connectivity index (χ4v) is 2.78. The molecule has 0 spiro atoms. The van der Waals surface area contributed by atoms with Crippen molar-refractivity contribution in [2.45, 2.75) is 13.0 Å². The van der Waals surface area contributed by atoms with Crippen molar-refractivity contribution in [2.24, 2.45) is 0 Å². The first-order chi connectivity index (χ1) is 9.51. The zero-order valence-electron chi connectivity index (χ0n) is 11.6. The summed E-state index contributed by atoms with van der Waals surface area (Å²) >= 11 is 0. The van der Waals surface area contributed by atoms with E-state index in [-0.39, 0.29) is 6.04 Å². The Morgan fingerprint density at radius 1 is 1.45 bits per heavy atom. The van der Waals surface area contributed by atoms with Gasteiger partial charge in [0.15, 0.2) is 5.82 Å². The van der Waals surface area contributed by atoms with Crippen LogP contribution in [0.25, 0.3) is 11.4 Å². The second-order valence-electron chi connectivity index (χ2n) is 4.53. The van der Waals surface area contributed by atoms with Crippen LogP contribution in [0.2, 0.25) is 0 Å². The van der Waals surface area contributed by atoms with Gasteiger partial charge in [0.05, 0.1) is 13.2 Å². The maximum Gasteiger partial charge on any atom is 0.182 e. The molecule has 0 aliphatic rings. The van der Waals surface area contributed by atoms with Crippen LogP contribution >= 0.6 is 0 Å². The molecule has 0 radical (unpaired) electrons. The molecule has 0 aliphatic carbocycles. The van der Waals surface area contributed by atoms with E-state index in [2.05, 4.69) is 15.5 Å². The van der Waals surface area contributed by atoms with Crippen molar-refractivity contribution >= 4 is 16.5 Å². The van der Waals surface area contributed by atoms with Gasteiger partial charge in [0.2, 0.25) is 0 Å².